The smallest absolute Gasteiger partial charge is 0.242 e. The topological polar surface area (TPSA) is 42.0 Å². The van der Waals surface area contributed by atoms with Crippen molar-refractivity contribution in [2.24, 2.45) is 0 Å². The second kappa shape index (κ2) is 8.55. The van der Waals surface area contributed by atoms with Crippen LogP contribution in [0, 0.1) is 13.8 Å². The Morgan fingerprint density at radius 1 is 1.00 bits per heavy atom. The first-order chi connectivity index (χ1) is 13.4. The maximum absolute atomic E-state index is 13.0. The standard InChI is InChI=1S/C23H30N2O3/c1-6-24(20-10-16(2)9-17(3)11-20)15-23(26)25-8-7-18-12-21(27-4)22(28-5)13-19(18)14-25/h9-13H,6-8,14-15H2,1-5H3. The second-order valence-corrected chi connectivity index (χ2v) is 7.40. The molecule has 0 fully saturated rings. The summed E-state index contributed by atoms with van der Waals surface area (Å²) in [7, 11) is 3.29. The molecule has 0 atom stereocenters. The van der Waals surface area contributed by atoms with Crippen LogP contribution in [0.25, 0.3) is 0 Å². The predicted octanol–water partition coefficient (Wildman–Crippen LogP) is 3.73. The summed E-state index contributed by atoms with van der Waals surface area (Å²) in [6.07, 6.45) is 0.830. The summed E-state index contributed by atoms with van der Waals surface area (Å²) in [5.41, 5.74) is 5.90. The summed E-state index contributed by atoms with van der Waals surface area (Å²) < 4.78 is 10.8. The SMILES string of the molecule is CCN(CC(=O)N1CCc2cc(OC)c(OC)cc2C1)c1cc(C)cc(C)c1. The number of carbonyl (C=O) groups excluding carboxylic acids is 1. The lowest BCUT2D eigenvalue weighted by atomic mass is 9.98. The van der Waals surface area contributed by atoms with Crippen LogP contribution in [-0.2, 0) is 17.8 Å². The number of nitrogens with zero attached hydrogens (tertiary/aromatic N) is 2. The van der Waals surface area contributed by atoms with Crippen LogP contribution in [0.2, 0.25) is 0 Å². The highest BCUT2D eigenvalue weighted by Gasteiger charge is 2.24. The molecule has 2 aromatic carbocycles. The molecule has 28 heavy (non-hydrogen) atoms. The van der Waals surface area contributed by atoms with Gasteiger partial charge in [0, 0.05) is 25.3 Å². The normalized spacial score (nSPS) is 13.1. The zero-order valence-electron chi connectivity index (χ0n) is 17.5. The fourth-order valence-corrected chi connectivity index (χ4v) is 3.88. The molecule has 1 aliphatic heterocycles. The third-order valence-electron chi connectivity index (χ3n) is 5.35. The Balaban J connectivity index is 1.75. The van der Waals surface area contributed by atoms with E-state index in [0.717, 1.165) is 36.5 Å². The van der Waals surface area contributed by atoms with Gasteiger partial charge in [-0.3, -0.25) is 4.79 Å². The molecule has 0 aromatic heterocycles. The number of benzene rings is 2. The first kappa shape index (κ1) is 20.1. The first-order valence-corrected chi connectivity index (χ1v) is 9.80. The van der Waals surface area contributed by atoms with Crippen LogP contribution in [-0.4, -0.2) is 44.7 Å². The predicted molar refractivity (Wildman–Crippen MR) is 112 cm³/mol. The van der Waals surface area contributed by atoms with Gasteiger partial charge in [0.05, 0.1) is 20.8 Å². The monoisotopic (exact) mass is 382 g/mol. The largest absolute Gasteiger partial charge is 0.493 e. The van der Waals surface area contributed by atoms with Gasteiger partial charge in [-0.25, -0.2) is 0 Å². The number of hydrogen-bond donors (Lipinski definition) is 0. The fourth-order valence-electron chi connectivity index (χ4n) is 3.88. The van der Waals surface area contributed by atoms with Crippen molar-refractivity contribution in [2.45, 2.75) is 33.7 Å². The summed E-state index contributed by atoms with van der Waals surface area (Å²) in [4.78, 5) is 17.1. The first-order valence-electron chi connectivity index (χ1n) is 9.80. The van der Waals surface area contributed by atoms with Crippen molar-refractivity contribution in [3.8, 4) is 11.5 Å². The minimum Gasteiger partial charge on any atom is -0.493 e. The van der Waals surface area contributed by atoms with Crippen LogP contribution >= 0.6 is 0 Å². The molecule has 0 N–H and O–H groups in total. The minimum atomic E-state index is 0.154. The molecule has 0 bridgehead atoms. The van der Waals surface area contributed by atoms with Crippen LogP contribution in [0.4, 0.5) is 5.69 Å². The van der Waals surface area contributed by atoms with Crippen LogP contribution in [0.3, 0.4) is 0 Å². The maximum Gasteiger partial charge on any atom is 0.242 e. The zero-order chi connectivity index (χ0) is 20.3. The number of ether oxygens (including phenoxy) is 2. The number of rotatable bonds is 6. The minimum absolute atomic E-state index is 0.154. The number of methoxy groups -OCH3 is 2. The lowest BCUT2D eigenvalue weighted by Gasteiger charge is -2.32. The third-order valence-corrected chi connectivity index (χ3v) is 5.35. The quantitative estimate of drug-likeness (QED) is 0.763. The summed E-state index contributed by atoms with van der Waals surface area (Å²) in [6, 6.07) is 10.5. The van der Waals surface area contributed by atoms with Crippen molar-refractivity contribution in [3.05, 3.63) is 52.6 Å². The average Bonchev–Trinajstić information content (AvgIpc) is 2.69. The molecule has 1 amide bonds. The van der Waals surface area contributed by atoms with Gasteiger partial charge in [0.1, 0.15) is 0 Å². The molecule has 0 spiro atoms. The second-order valence-electron chi connectivity index (χ2n) is 7.40. The Hall–Kier alpha value is -2.69. The van der Waals surface area contributed by atoms with Crippen molar-refractivity contribution >= 4 is 11.6 Å². The van der Waals surface area contributed by atoms with E-state index in [0.29, 0.717) is 18.8 Å². The van der Waals surface area contributed by atoms with Gasteiger partial charge in [-0.05, 0) is 73.7 Å². The maximum atomic E-state index is 13.0. The van der Waals surface area contributed by atoms with E-state index in [9.17, 15) is 4.79 Å². The molecule has 1 heterocycles. The lowest BCUT2D eigenvalue weighted by molar-refractivity contribution is -0.130. The van der Waals surface area contributed by atoms with Crippen molar-refractivity contribution in [2.75, 3.05) is 38.8 Å². The number of carbonyl (C=O) groups is 1. The Kier molecular flexibility index (Phi) is 6.12. The van der Waals surface area contributed by atoms with E-state index in [1.165, 1.54) is 16.7 Å². The third kappa shape index (κ3) is 4.24. The molecule has 150 valence electrons. The van der Waals surface area contributed by atoms with Gasteiger partial charge in [-0.15, -0.1) is 0 Å². The number of amides is 1. The van der Waals surface area contributed by atoms with Gasteiger partial charge in [0.2, 0.25) is 5.91 Å². The van der Waals surface area contributed by atoms with Gasteiger partial charge in [-0.1, -0.05) is 6.07 Å². The summed E-state index contributed by atoms with van der Waals surface area (Å²) in [6.45, 7) is 8.80. The van der Waals surface area contributed by atoms with Gasteiger partial charge in [0.15, 0.2) is 11.5 Å². The Bertz CT molecular complexity index is 843. The Morgan fingerprint density at radius 3 is 2.18 bits per heavy atom. The number of hydrogen-bond acceptors (Lipinski definition) is 4. The molecule has 0 radical (unpaired) electrons. The van der Waals surface area contributed by atoms with E-state index in [2.05, 4.69) is 43.9 Å². The van der Waals surface area contributed by atoms with E-state index in [1.807, 2.05) is 17.0 Å². The molecule has 0 saturated carbocycles. The van der Waals surface area contributed by atoms with Crippen LogP contribution in [0.15, 0.2) is 30.3 Å². The van der Waals surface area contributed by atoms with Crippen molar-refractivity contribution in [1.29, 1.82) is 0 Å². The van der Waals surface area contributed by atoms with Crippen molar-refractivity contribution in [1.82, 2.24) is 4.90 Å². The molecule has 5 heteroatoms. The molecular weight excluding hydrogens is 352 g/mol. The Labute approximate surface area is 167 Å². The highest BCUT2D eigenvalue weighted by molar-refractivity contribution is 5.82. The number of anilines is 1. The number of fused-ring (bicyclic) bond motifs is 1. The van der Waals surface area contributed by atoms with Crippen molar-refractivity contribution in [3.63, 3.8) is 0 Å². The lowest BCUT2D eigenvalue weighted by Crippen LogP contribution is -2.42. The van der Waals surface area contributed by atoms with Gasteiger partial charge in [-0.2, -0.15) is 0 Å². The van der Waals surface area contributed by atoms with Crippen LogP contribution in [0.1, 0.15) is 29.2 Å². The van der Waals surface area contributed by atoms with Crippen LogP contribution in [0.5, 0.6) is 11.5 Å². The molecule has 3 rings (SSSR count). The molecule has 5 nitrogen and oxygen atoms in total. The van der Waals surface area contributed by atoms with E-state index in [1.54, 1.807) is 14.2 Å². The van der Waals surface area contributed by atoms with E-state index >= 15 is 0 Å². The van der Waals surface area contributed by atoms with Gasteiger partial charge < -0.3 is 19.3 Å². The van der Waals surface area contributed by atoms with E-state index in [4.69, 9.17) is 9.47 Å². The molecule has 2 aromatic rings. The van der Waals surface area contributed by atoms with Crippen LogP contribution < -0.4 is 14.4 Å². The summed E-state index contributed by atoms with van der Waals surface area (Å²) in [5, 5.41) is 0. The zero-order valence-corrected chi connectivity index (χ0v) is 17.5. The number of likely N-dealkylation sites (N-methyl/N-ethyl adjacent to an activating group) is 1. The molecule has 0 saturated heterocycles. The number of aryl methyl sites for hydroxylation is 2. The summed E-state index contributed by atoms with van der Waals surface area (Å²) >= 11 is 0. The Morgan fingerprint density at radius 2 is 1.61 bits per heavy atom. The highest BCUT2D eigenvalue weighted by atomic mass is 16.5. The van der Waals surface area contributed by atoms with Gasteiger partial charge >= 0.3 is 0 Å². The molecule has 1 aliphatic rings. The van der Waals surface area contributed by atoms with E-state index < -0.39 is 0 Å². The average molecular weight is 383 g/mol. The molecule has 0 aliphatic carbocycles. The van der Waals surface area contributed by atoms with Crippen molar-refractivity contribution < 1.29 is 14.3 Å². The van der Waals surface area contributed by atoms with Gasteiger partial charge in [0.25, 0.3) is 0 Å². The summed E-state index contributed by atoms with van der Waals surface area (Å²) in [5.74, 6) is 1.61. The highest BCUT2D eigenvalue weighted by Crippen LogP contribution is 2.33. The molecule has 0 unspecified atom stereocenters. The fraction of sp³-hybridized carbons (Fsp3) is 0.435. The molecular formula is C23H30N2O3. The van der Waals surface area contributed by atoms with E-state index in [-0.39, 0.29) is 5.91 Å².